The lowest BCUT2D eigenvalue weighted by molar-refractivity contribution is -0.156. The van der Waals surface area contributed by atoms with Crippen molar-refractivity contribution in [3.63, 3.8) is 0 Å². The Morgan fingerprint density at radius 2 is 0.971 bits per heavy atom. The summed E-state index contributed by atoms with van der Waals surface area (Å²) in [6.45, 7) is 6.22. The number of nitrogens with two attached hydrogens (primary N) is 1. The molecule has 0 spiro atoms. The molecule has 542 valence electrons. The molecule has 0 bridgehead atoms. The van der Waals surface area contributed by atoms with E-state index >= 15 is 0 Å². The second kappa shape index (κ2) is 41.8. The summed E-state index contributed by atoms with van der Waals surface area (Å²) in [5, 5.41) is 11.6. The fourth-order valence-corrected chi connectivity index (χ4v) is 9.92. The van der Waals surface area contributed by atoms with E-state index in [-0.39, 0.29) is 41.3 Å². The minimum Gasteiger partial charge on any atom is -0.480 e. The van der Waals surface area contributed by atoms with Gasteiger partial charge in [-0.2, -0.15) is 13.2 Å². The molecule has 4 aromatic carbocycles. The number of halogens is 4. The zero-order valence-corrected chi connectivity index (χ0v) is 59.6. The number of rotatable bonds is 19. The zero-order chi connectivity index (χ0) is 75.4. The zero-order valence-electron chi connectivity index (χ0n) is 58.4. The average Bonchev–Trinajstić information content (AvgIpc) is 1.59. The summed E-state index contributed by atoms with van der Waals surface area (Å²) in [6, 6.07) is 41.3. The molecule has 0 atom stereocenters. The standard InChI is InChI=1S/C21H23N7O3.C13H16N2.C12H15N3.C10H10N2.C9H10N4O4.C3H4N2.C2HF3O.CH3I/c1-25-19-18(20(30)26(2)21(25)31)28(14-24-19)13-17(29)23-9-8-16-22-10-11-27(16)12-15-6-4-3-5-7-15;1-2-6-13-14-9-10-15(13)11-12-7-4-3-5-8-12;13-7-6-12-14-8-9-15(12)10-11-4-2-1-3-5-11;1-2-4-10(5-3-1)8-12-7-6-11-9-12;1-11-7-6(8(16)12(2)9(11)17)13(4-10-7)3-5(14)15;1-2-5-3-4-1;3-2(4,5)1-6;1-2/h3-7,10-11,14H,8-9,12-13H2,1-2H3,(H,23,29);3-5,7-10H,2,6,11H2,1H3;1-5,8-9H,6-7,10,13H2;1-7,9H,8H2;4H,3H2,1-2H3,(H,14,15);1-3H,(H,4,5);1H;1H3/i;;;;;;;1D. The number of carboxylic acids is 1. The quantitative estimate of drug-likeness (QED) is 0.0359. The number of aryl methyl sites for hydroxylation is 3. The molecule has 9 heterocycles. The first-order valence-electron chi connectivity index (χ1n) is 32.6. The van der Waals surface area contributed by atoms with E-state index in [2.05, 4.69) is 149 Å². The molecule has 0 radical (unpaired) electrons. The number of hydrogen-bond acceptors (Lipinski definition) is 15. The molecular weight excluding hydrogens is 1440 g/mol. The van der Waals surface area contributed by atoms with Gasteiger partial charge in [0.05, 0.1) is 25.3 Å². The lowest BCUT2D eigenvalue weighted by Gasteiger charge is -2.10. The van der Waals surface area contributed by atoms with Gasteiger partial charge in [-0.25, -0.2) is 44.5 Å². The predicted octanol–water partition coefficient (Wildman–Crippen LogP) is 7.01. The van der Waals surface area contributed by atoms with Gasteiger partial charge in [-0.15, -0.1) is 0 Å². The van der Waals surface area contributed by atoms with Crippen molar-refractivity contribution < 1.29 is 34.0 Å². The third-order valence-corrected chi connectivity index (χ3v) is 14.9. The van der Waals surface area contributed by atoms with Crippen LogP contribution in [0.15, 0.2) is 228 Å². The summed E-state index contributed by atoms with van der Waals surface area (Å²) in [6.07, 6.45) is 22.6. The number of amides is 1. The summed E-state index contributed by atoms with van der Waals surface area (Å²) >= 11 is 1.96. The van der Waals surface area contributed by atoms with Crippen molar-refractivity contribution in [1.82, 2.24) is 90.9 Å². The summed E-state index contributed by atoms with van der Waals surface area (Å²) in [7, 11) is 5.75. The Kier molecular flexibility index (Phi) is 31.9. The topological polar surface area (TPSA) is 333 Å². The average molecular weight is 1530 g/mol. The first-order valence-corrected chi connectivity index (χ1v) is 33.5. The van der Waals surface area contributed by atoms with E-state index in [1.807, 2.05) is 108 Å². The van der Waals surface area contributed by atoms with Gasteiger partial charge in [0.15, 0.2) is 22.3 Å². The van der Waals surface area contributed by atoms with Gasteiger partial charge < -0.3 is 48.5 Å². The molecule has 9 aromatic heterocycles. The molecule has 0 aliphatic heterocycles. The van der Waals surface area contributed by atoms with E-state index in [0.29, 0.717) is 31.0 Å². The summed E-state index contributed by atoms with van der Waals surface area (Å²) in [5.74, 6) is 1.78. The van der Waals surface area contributed by atoms with Crippen LogP contribution in [0.1, 0.15) is 54.4 Å². The maximum Gasteiger partial charge on any atom is 0.446 e. The van der Waals surface area contributed by atoms with Crippen molar-refractivity contribution in [2.45, 2.75) is 78.1 Å². The number of H-pyrrole nitrogens is 1. The van der Waals surface area contributed by atoms with Gasteiger partial charge in [0.2, 0.25) is 12.2 Å². The molecule has 0 unspecified atom stereocenters. The Bertz CT molecular complexity index is 4820. The van der Waals surface area contributed by atoms with E-state index < -0.39 is 40.9 Å². The molecule has 32 heteroatoms. The fraction of sp³-hybridized carbons (Fsp3) is 0.268. The monoisotopic (exact) mass is 1530 g/mol. The van der Waals surface area contributed by atoms with Gasteiger partial charge in [-0.3, -0.25) is 42.2 Å². The van der Waals surface area contributed by atoms with Crippen LogP contribution in [0.5, 0.6) is 0 Å². The van der Waals surface area contributed by atoms with Crippen molar-refractivity contribution >= 4 is 63.1 Å². The minimum absolute atomic E-state index is 0.0671. The number of nitrogens with one attached hydrogen (secondary N) is 2. The summed E-state index contributed by atoms with van der Waals surface area (Å²) in [4.78, 5) is 112. The van der Waals surface area contributed by atoms with Crippen LogP contribution in [0.25, 0.3) is 22.3 Å². The number of aromatic amines is 1. The van der Waals surface area contributed by atoms with E-state index in [9.17, 15) is 41.9 Å². The highest BCUT2D eigenvalue weighted by Crippen LogP contribution is 2.12. The van der Waals surface area contributed by atoms with E-state index in [4.69, 9.17) is 17.0 Å². The number of aliphatic carboxylic acids is 1. The molecule has 0 aliphatic carbocycles. The van der Waals surface area contributed by atoms with Crippen molar-refractivity contribution in [3.8, 4) is 0 Å². The highest BCUT2D eigenvalue weighted by atomic mass is 127. The molecule has 28 nitrogen and oxygen atoms in total. The van der Waals surface area contributed by atoms with Crippen LogP contribution in [-0.4, -0.2) is 133 Å². The number of imidazole rings is 7. The number of fused-ring (bicyclic) bond motifs is 2. The highest BCUT2D eigenvalue weighted by molar-refractivity contribution is 14.1. The molecule has 13 aromatic rings. The number of alkyl halides is 4. The number of aldehydes is 1. The predicted molar refractivity (Wildman–Crippen MR) is 393 cm³/mol. The van der Waals surface area contributed by atoms with Crippen molar-refractivity contribution in [3.05, 3.63) is 290 Å². The van der Waals surface area contributed by atoms with Crippen molar-refractivity contribution in [2.24, 2.45) is 33.9 Å². The lowest BCUT2D eigenvalue weighted by atomic mass is 10.2. The van der Waals surface area contributed by atoms with Crippen LogP contribution in [0.2, 0.25) is 0 Å². The van der Waals surface area contributed by atoms with Gasteiger partial charge in [0, 0.05) is 144 Å². The van der Waals surface area contributed by atoms with Gasteiger partial charge in [-0.1, -0.05) is 151 Å². The van der Waals surface area contributed by atoms with Gasteiger partial charge in [0.25, 0.3) is 11.1 Å². The maximum absolute atomic E-state index is 12.5. The third kappa shape index (κ3) is 25.2. The van der Waals surface area contributed by atoms with Crippen molar-refractivity contribution in [2.75, 3.05) is 18.0 Å². The minimum atomic E-state index is -4.64. The molecule has 0 saturated carbocycles. The second-order valence-electron chi connectivity index (χ2n) is 22.3. The number of carbonyl (C=O) groups excluding carboxylic acids is 2. The van der Waals surface area contributed by atoms with Crippen LogP contribution >= 0.6 is 22.6 Å². The van der Waals surface area contributed by atoms with Gasteiger partial charge in [0.1, 0.15) is 30.6 Å². The van der Waals surface area contributed by atoms with Crippen LogP contribution in [-0.2, 0) is 101 Å². The smallest absolute Gasteiger partial charge is 0.446 e. The van der Waals surface area contributed by atoms with Crippen LogP contribution < -0.4 is 33.5 Å². The largest absolute Gasteiger partial charge is 0.480 e. The maximum atomic E-state index is 12.5. The number of aromatic nitrogens is 18. The first kappa shape index (κ1) is 78.7. The second-order valence-corrected chi connectivity index (χ2v) is 22.3. The molecule has 1 amide bonds. The van der Waals surface area contributed by atoms with Gasteiger partial charge >= 0.3 is 23.5 Å². The van der Waals surface area contributed by atoms with Crippen LogP contribution in [0.3, 0.4) is 0 Å². The number of carbonyl (C=O) groups is 3. The number of hydrogen-bond donors (Lipinski definition) is 4. The third-order valence-electron chi connectivity index (χ3n) is 14.9. The number of nitrogens with zero attached hydrogens (tertiary/aromatic N) is 17. The SMILES string of the molecule is CCCc1nccn1Cc1ccccc1.Cn1c(=O)c2c(ncn2CC(=O)NCCc2nccn2Cc2ccccc2)n(C)c1=O.Cn1c(=O)c2c(ncn2CC(=O)O)n(C)c1=O.NCCc1nccn1Cc1ccccc1.O=CC(F)(F)F.[2H]CI.c1c[nH]cn1.c1ccc(Cn2ccnc2)cc1. The Balaban J connectivity index is 0.000000202. The fourth-order valence-electron chi connectivity index (χ4n) is 9.92. The van der Waals surface area contributed by atoms with E-state index in [1.165, 1.54) is 80.1 Å². The van der Waals surface area contributed by atoms with Crippen molar-refractivity contribution in [1.29, 1.82) is 0 Å². The molecular formula is C71H82F3IN20O8. The van der Waals surface area contributed by atoms with Crippen LogP contribution in [0, 0.1) is 0 Å². The Labute approximate surface area is 604 Å². The summed E-state index contributed by atoms with van der Waals surface area (Å²) in [5.41, 5.74) is 9.39. The molecule has 0 saturated heterocycles. The first-order chi connectivity index (χ1) is 50.1. The van der Waals surface area contributed by atoms with E-state index in [0.717, 1.165) is 59.7 Å². The van der Waals surface area contributed by atoms with E-state index in [1.54, 1.807) is 38.2 Å². The molecule has 13 rings (SSSR count). The Morgan fingerprint density at radius 1 is 0.563 bits per heavy atom. The molecule has 0 aliphatic rings. The molecule has 5 N–H and O–H groups in total. The number of carboxylic acid groups (broad SMARTS) is 1. The highest BCUT2D eigenvalue weighted by Gasteiger charge is 2.25. The summed E-state index contributed by atoms with van der Waals surface area (Å²) < 4.78 is 53.0. The van der Waals surface area contributed by atoms with Crippen LogP contribution in [0.4, 0.5) is 13.2 Å². The molecule has 103 heavy (non-hydrogen) atoms. The lowest BCUT2D eigenvalue weighted by Crippen LogP contribution is -2.38. The normalized spacial score (nSPS) is 10.6. The molecule has 0 fully saturated rings. The Morgan fingerprint density at radius 3 is 1.32 bits per heavy atom. The van der Waals surface area contributed by atoms with Gasteiger partial charge in [-0.05, 0) is 40.1 Å². The Hall–Kier alpha value is -11.7. The number of benzene rings is 4.